The zero-order chi connectivity index (χ0) is 20.8. The first-order chi connectivity index (χ1) is 14.7. The van der Waals surface area contributed by atoms with E-state index in [-0.39, 0.29) is 5.91 Å². The van der Waals surface area contributed by atoms with Crippen molar-refractivity contribution in [1.82, 2.24) is 14.9 Å². The molecule has 1 aliphatic heterocycles. The van der Waals surface area contributed by atoms with Crippen LogP contribution in [0.5, 0.6) is 0 Å². The van der Waals surface area contributed by atoms with Gasteiger partial charge in [0, 0.05) is 25.0 Å². The number of carbonyl (C=O) groups excluding carboxylic acids is 1. The summed E-state index contributed by atoms with van der Waals surface area (Å²) in [7, 11) is 0. The van der Waals surface area contributed by atoms with Crippen molar-refractivity contribution in [2.45, 2.75) is 19.3 Å². The molecule has 1 saturated heterocycles. The average molecular weight is 397 g/mol. The Kier molecular flexibility index (Phi) is 6.00. The third-order valence-corrected chi connectivity index (χ3v) is 5.41. The Morgan fingerprint density at radius 1 is 1.07 bits per heavy atom. The number of amides is 1. The number of carbonyl (C=O) groups is 1. The topological polar surface area (TPSA) is 81.9 Å². The van der Waals surface area contributed by atoms with Crippen LogP contribution in [0.3, 0.4) is 0 Å². The molecule has 0 aliphatic carbocycles. The van der Waals surface area contributed by atoms with Gasteiger partial charge in [0.2, 0.25) is 5.95 Å². The zero-order valence-electron chi connectivity index (χ0n) is 16.7. The van der Waals surface area contributed by atoms with Crippen LogP contribution in [-0.4, -0.2) is 33.9 Å². The van der Waals surface area contributed by atoms with Crippen molar-refractivity contribution in [3.8, 4) is 6.07 Å². The molecular formula is C24H23N5O. The van der Waals surface area contributed by atoms with Gasteiger partial charge in [0.25, 0.3) is 5.91 Å². The number of aromatic nitrogens is 2. The number of nitrogens with one attached hydrogen (secondary N) is 1. The van der Waals surface area contributed by atoms with Gasteiger partial charge in [0.1, 0.15) is 5.69 Å². The van der Waals surface area contributed by atoms with Crippen LogP contribution in [0.15, 0.2) is 66.9 Å². The quantitative estimate of drug-likeness (QED) is 0.698. The van der Waals surface area contributed by atoms with E-state index in [1.165, 1.54) is 5.56 Å². The molecule has 1 aromatic heterocycles. The van der Waals surface area contributed by atoms with Crippen molar-refractivity contribution in [3.05, 3.63) is 83.7 Å². The second-order valence-corrected chi connectivity index (χ2v) is 7.50. The molecule has 150 valence electrons. The lowest BCUT2D eigenvalue weighted by atomic mass is 9.90. The van der Waals surface area contributed by atoms with Gasteiger partial charge < -0.3 is 10.2 Å². The van der Waals surface area contributed by atoms with Gasteiger partial charge in [-0.25, -0.2) is 9.97 Å². The van der Waals surface area contributed by atoms with Gasteiger partial charge >= 0.3 is 0 Å². The van der Waals surface area contributed by atoms with Crippen molar-refractivity contribution >= 4 is 17.5 Å². The molecule has 1 aliphatic rings. The van der Waals surface area contributed by atoms with Gasteiger partial charge in [-0.2, -0.15) is 5.26 Å². The number of nitrogens with zero attached hydrogens (tertiary/aromatic N) is 4. The molecule has 0 saturated carbocycles. The Morgan fingerprint density at radius 2 is 1.80 bits per heavy atom. The number of benzene rings is 2. The maximum absolute atomic E-state index is 12.9. The largest absolute Gasteiger partial charge is 0.337 e. The Labute approximate surface area is 176 Å². The van der Waals surface area contributed by atoms with E-state index >= 15 is 0 Å². The van der Waals surface area contributed by atoms with E-state index < -0.39 is 0 Å². The lowest BCUT2D eigenvalue weighted by Gasteiger charge is -2.32. The third kappa shape index (κ3) is 4.81. The van der Waals surface area contributed by atoms with Gasteiger partial charge in [-0.3, -0.25) is 4.79 Å². The van der Waals surface area contributed by atoms with E-state index in [4.69, 9.17) is 5.26 Å². The number of piperidine rings is 1. The van der Waals surface area contributed by atoms with Gasteiger partial charge in [-0.1, -0.05) is 30.3 Å². The fourth-order valence-electron chi connectivity index (χ4n) is 3.74. The summed E-state index contributed by atoms with van der Waals surface area (Å²) in [5.74, 6) is 0.915. The number of anilines is 2. The standard InChI is InChI=1S/C24H23N5O/c25-17-20-6-8-21(9-7-20)27-24-26-13-10-22(28-24)23(30)29-14-11-19(12-15-29)16-18-4-2-1-3-5-18/h1-10,13,19H,11-12,14-16H2,(H,26,27,28). The predicted octanol–water partition coefficient (Wildman–Crippen LogP) is 4.19. The zero-order valence-corrected chi connectivity index (χ0v) is 16.7. The summed E-state index contributed by atoms with van der Waals surface area (Å²) in [6.45, 7) is 1.50. The van der Waals surface area contributed by atoms with Crippen LogP contribution in [0.1, 0.15) is 34.5 Å². The van der Waals surface area contributed by atoms with Crippen LogP contribution >= 0.6 is 0 Å². The van der Waals surface area contributed by atoms with Crippen LogP contribution in [-0.2, 0) is 6.42 Å². The van der Waals surface area contributed by atoms with Crippen LogP contribution in [0.25, 0.3) is 0 Å². The minimum absolute atomic E-state index is 0.0570. The van der Waals surface area contributed by atoms with E-state index in [0.717, 1.165) is 38.0 Å². The molecule has 0 atom stereocenters. The molecule has 1 fully saturated rings. The summed E-state index contributed by atoms with van der Waals surface area (Å²) >= 11 is 0. The number of rotatable bonds is 5. The molecule has 30 heavy (non-hydrogen) atoms. The molecule has 1 N–H and O–H groups in total. The van der Waals surface area contributed by atoms with Crippen molar-refractivity contribution in [3.63, 3.8) is 0 Å². The first-order valence-electron chi connectivity index (χ1n) is 10.1. The smallest absolute Gasteiger partial charge is 0.272 e. The molecule has 2 aromatic carbocycles. The highest BCUT2D eigenvalue weighted by Crippen LogP contribution is 2.23. The van der Waals surface area contributed by atoms with Crippen LogP contribution in [0.4, 0.5) is 11.6 Å². The van der Waals surface area contributed by atoms with Crippen LogP contribution < -0.4 is 5.32 Å². The molecule has 0 radical (unpaired) electrons. The third-order valence-electron chi connectivity index (χ3n) is 5.41. The number of nitriles is 1. The van der Waals surface area contributed by atoms with E-state index in [1.54, 1.807) is 36.5 Å². The Bertz CT molecular complexity index is 1040. The van der Waals surface area contributed by atoms with E-state index in [9.17, 15) is 4.79 Å². The Morgan fingerprint density at radius 3 is 2.50 bits per heavy atom. The van der Waals surface area contributed by atoms with Crippen molar-refractivity contribution in [2.24, 2.45) is 5.92 Å². The van der Waals surface area contributed by atoms with Crippen molar-refractivity contribution < 1.29 is 4.79 Å². The highest BCUT2D eigenvalue weighted by molar-refractivity contribution is 5.92. The van der Waals surface area contributed by atoms with Crippen molar-refractivity contribution in [1.29, 1.82) is 5.26 Å². The number of hydrogen-bond donors (Lipinski definition) is 1. The molecule has 3 aromatic rings. The highest BCUT2D eigenvalue weighted by Gasteiger charge is 2.24. The fraction of sp³-hybridized carbons (Fsp3) is 0.250. The molecule has 0 bridgehead atoms. The molecule has 1 amide bonds. The van der Waals surface area contributed by atoms with Gasteiger partial charge in [-0.15, -0.1) is 0 Å². The number of likely N-dealkylation sites (tertiary alicyclic amines) is 1. The lowest BCUT2D eigenvalue weighted by molar-refractivity contribution is 0.0684. The van der Waals surface area contributed by atoms with Gasteiger partial charge in [-0.05, 0) is 61.1 Å². The van der Waals surface area contributed by atoms with Gasteiger partial charge in [0.15, 0.2) is 0 Å². The summed E-state index contributed by atoms with van der Waals surface area (Å²) < 4.78 is 0. The lowest BCUT2D eigenvalue weighted by Crippen LogP contribution is -2.39. The minimum Gasteiger partial charge on any atom is -0.337 e. The highest BCUT2D eigenvalue weighted by atomic mass is 16.2. The molecule has 2 heterocycles. The monoisotopic (exact) mass is 397 g/mol. The Balaban J connectivity index is 1.35. The first kappa shape index (κ1) is 19.6. The summed E-state index contributed by atoms with van der Waals surface area (Å²) in [6, 6.07) is 21.3. The second-order valence-electron chi connectivity index (χ2n) is 7.50. The summed E-state index contributed by atoms with van der Waals surface area (Å²) in [5.41, 5.74) is 3.10. The first-order valence-corrected chi connectivity index (χ1v) is 10.1. The van der Waals surface area contributed by atoms with Crippen molar-refractivity contribution in [2.75, 3.05) is 18.4 Å². The average Bonchev–Trinajstić information content (AvgIpc) is 2.80. The van der Waals surface area contributed by atoms with Crippen LogP contribution in [0.2, 0.25) is 0 Å². The van der Waals surface area contributed by atoms with Gasteiger partial charge in [0.05, 0.1) is 11.6 Å². The second kappa shape index (κ2) is 9.19. The van der Waals surface area contributed by atoms with Crippen LogP contribution in [0, 0.1) is 17.2 Å². The predicted molar refractivity (Wildman–Crippen MR) is 115 cm³/mol. The maximum atomic E-state index is 12.9. The maximum Gasteiger partial charge on any atom is 0.272 e. The number of hydrogen-bond acceptors (Lipinski definition) is 5. The minimum atomic E-state index is -0.0570. The molecule has 0 spiro atoms. The summed E-state index contributed by atoms with van der Waals surface area (Å²) in [4.78, 5) is 23.4. The van der Waals surface area contributed by atoms with E-state index in [1.807, 2.05) is 11.0 Å². The molecular weight excluding hydrogens is 374 g/mol. The Hall–Kier alpha value is -3.72. The molecule has 6 nitrogen and oxygen atoms in total. The normalized spacial score (nSPS) is 14.2. The SMILES string of the molecule is N#Cc1ccc(Nc2nccc(C(=O)N3CCC(Cc4ccccc4)CC3)n2)cc1. The summed E-state index contributed by atoms with van der Waals surface area (Å²) in [5, 5.41) is 12.0. The molecule has 4 rings (SSSR count). The molecule has 0 unspecified atom stereocenters. The van der Waals surface area contributed by atoms with E-state index in [0.29, 0.717) is 23.1 Å². The van der Waals surface area contributed by atoms with E-state index in [2.05, 4.69) is 45.6 Å². The summed E-state index contributed by atoms with van der Waals surface area (Å²) in [6.07, 6.45) is 4.66. The molecule has 6 heteroatoms. The fourth-order valence-corrected chi connectivity index (χ4v) is 3.74.